The predicted molar refractivity (Wildman–Crippen MR) is 142 cm³/mol. The number of hydrogen-bond acceptors (Lipinski definition) is 10. The maximum Gasteiger partial charge on any atom is 0.301 e. The van der Waals surface area contributed by atoms with Crippen molar-refractivity contribution in [1.29, 1.82) is 0 Å². The molecule has 2 aliphatic rings. The van der Waals surface area contributed by atoms with Gasteiger partial charge >= 0.3 is 5.91 Å². The van der Waals surface area contributed by atoms with Gasteiger partial charge in [-0.2, -0.15) is 0 Å². The maximum absolute atomic E-state index is 14.0. The second-order valence-electron chi connectivity index (χ2n) is 8.54. The minimum atomic E-state index is -0.996. The summed E-state index contributed by atoms with van der Waals surface area (Å²) in [4.78, 5) is 32.1. The van der Waals surface area contributed by atoms with E-state index in [4.69, 9.17) is 9.47 Å². The number of thioether (sulfide) groups is 1. The smallest absolute Gasteiger partial charge is 0.301 e. The van der Waals surface area contributed by atoms with E-state index < -0.39 is 17.7 Å². The van der Waals surface area contributed by atoms with Crippen LogP contribution in [0, 0.1) is 5.82 Å². The number of aromatic nitrogens is 3. The summed E-state index contributed by atoms with van der Waals surface area (Å²) < 4.78 is 25.7. The topological polar surface area (TPSA) is 115 Å². The molecule has 1 saturated heterocycles. The van der Waals surface area contributed by atoms with Crippen LogP contribution in [0.2, 0.25) is 0 Å². The Bertz CT molecular complexity index is 1610. The molecule has 6 rings (SSSR count). The first kappa shape index (κ1) is 25.0. The van der Waals surface area contributed by atoms with Crippen LogP contribution in [0.3, 0.4) is 0 Å². The van der Waals surface area contributed by atoms with E-state index in [9.17, 15) is 19.1 Å². The van der Waals surface area contributed by atoms with Crippen LogP contribution in [0.25, 0.3) is 5.76 Å². The molecule has 1 fully saturated rings. The molecule has 196 valence electrons. The summed E-state index contributed by atoms with van der Waals surface area (Å²) in [5.41, 5.74) is 1.20. The van der Waals surface area contributed by atoms with Crippen LogP contribution < -0.4 is 14.4 Å². The number of fused-ring (bicyclic) bond motifs is 1. The molecule has 1 unspecified atom stereocenters. The molecule has 2 aromatic carbocycles. The molecule has 1 N–H and O–H groups in total. The van der Waals surface area contributed by atoms with Crippen LogP contribution >= 0.6 is 23.1 Å². The molecule has 2 aromatic heterocycles. The van der Waals surface area contributed by atoms with Crippen molar-refractivity contribution in [2.45, 2.75) is 16.1 Å². The van der Waals surface area contributed by atoms with E-state index >= 15 is 0 Å². The van der Waals surface area contributed by atoms with Crippen LogP contribution in [0.1, 0.15) is 22.7 Å². The molecule has 4 heterocycles. The molecular formula is C27H19FN4O5S2. The monoisotopic (exact) mass is 562 g/mol. The van der Waals surface area contributed by atoms with Gasteiger partial charge in [0.05, 0.1) is 11.6 Å². The van der Waals surface area contributed by atoms with E-state index in [0.717, 1.165) is 11.3 Å². The summed E-state index contributed by atoms with van der Waals surface area (Å²) in [6, 6.07) is 13.6. The summed E-state index contributed by atoms with van der Waals surface area (Å²) in [7, 11) is 0. The summed E-state index contributed by atoms with van der Waals surface area (Å²) in [6.07, 6.45) is 3.09. The van der Waals surface area contributed by atoms with Gasteiger partial charge in [0.2, 0.25) is 5.13 Å². The van der Waals surface area contributed by atoms with Gasteiger partial charge in [-0.1, -0.05) is 47.4 Å². The van der Waals surface area contributed by atoms with Gasteiger partial charge < -0.3 is 14.6 Å². The molecule has 1 amide bonds. The number of nitrogens with zero attached hydrogens (tertiary/aromatic N) is 4. The molecule has 0 bridgehead atoms. The Morgan fingerprint density at radius 3 is 2.69 bits per heavy atom. The van der Waals surface area contributed by atoms with Gasteiger partial charge in [0.1, 0.15) is 24.8 Å². The number of aliphatic hydroxyl groups is 1. The quantitative estimate of drug-likeness (QED) is 0.117. The van der Waals surface area contributed by atoms with Gasteiger partial charge in [-0.15, -0.1) is 10.2 Å². The Kier molecular flexibility index (Phi) is 6.71. The minimum Gasteiger partial charge on any atom is -0.507 e. The molecule has 12 heteroatoms. The lowest BCUT2D eigenvalue weighted by Crippen LogP contribution is -2.29. The number of hydrogen-bond donors (Lipinski definition) is 1. The second-order valence-corrected chi connectivity index (χ2v) is 10.7. The van der Waals surface area contributed by atoms with Crippen LogP contribution in [-0.2, 0) is 15.3 Å². The van der Waals surface area contributed by atoms with E-state index in [-0.39, 0.29) is 22.3 Å². The van der Waals surface area contributed by atoms with E-state index in [1.54, 1.807) is 54.7 Å². The zero-order valence-corrected chi connectivity index (χ0v) is 21.7. The van der Waals surface area contributed by atoms with E-state index in [2.05, 4.69) is 15.2 Å². The zero-order valence-electron chi connectivity index (χ0n) is 20.1. The third-order valence-electron chi connectivity index (χ3n) is 6.17. The van der Waals surface area contributed by atoms with Crippen molar-refractivity contribution in [3.8, 4) is 11.5 Å². The average Bonchev–Trinajstić information content (AvgIpc) is 3.54. The molecular weight excluding hydrogens is 543 g/mol. The van der Waals surface area contributed by atoms with E-state index in [1.165, 1.54) is 28.9 Å². The Morgan fingerprint density at radius 2 is 1.90 bits per heavy atom. The molecule has 0 spiro atoms. The number of amides is 1. The predicted octanol–water partition coefficient (Wildman–Crippen LogP) is 4.76. The number of anilines is 1. The fourth-order valence-electron chi connectivity index (χ4n) is 4.34. The normalized spacial score (nSPS) is 18.0. The van der Waals surface area contributed by atoms with Crippen LogP contribution in [0.4, 0.5) is 9.52 Å². The first-order chi connectivity index (χ1) is 19.0. The van der Waals surface area contributed by atoms with Crippen LogP contribution in [0.5, 0.6) is 11.5 Å². The van der Waals surface area contributed by atoms with Gasteiger partial charge in [-0.05, 0) is 41.5 Å². The molecule has 0 saturated carbocycles. The van der Waals surface area contributed by atoms with Crippen molar-refractivity contribution in [3.63, 3.8) is 0 Å². The van der Waals surface area contributed by atoms with Crippen molar-refractivity contribution in [2.24, 2.45) is 0 Å². The molecule has 0 radical (unpaired) electrons. The molecule has 39 heavy (non-hydrogen) atoms. The summed E-state index contributed by atoms with van der Waals surface area (Å²) in [5, 5.41) is 19.8. The third-order valence-corrected chi connectivity index (χ3v) is 8.28. The Balaban J connectivity index is 1.38. The van der Waals surface area contributed by atoms with Crippen LogP contribution in [-0.4, -0.2) is 45.2 Å². The van der Waals surface area contributed by atoms with Gasteiger partial charge in [0.15, 0.2) is 15.8 Å². The summed E-state index contributed by atoms with van der Waals surface area (Å²) >= 11 is 2.36. The van der Waals surface area contributed by atoms with Crippen molar-refractivity contribution >= 4 is 45.7 Å². The van der Waals surface area contributed by atoms with E-state index in [0.29, 0.717) is 51.5 Å². The first-order valence-corrected chi connectivity index (χ1v) is 13.6. The highest BCUT2D eigenvalue weighted by Crippen LogP contribution is 2.44. The van der Waals surface area contributed by atoms with Crippen LogP contribution in [0.15, 0.2) is 76.9 Å². The van der Waals surface area contributed by atoms with Crippen molar-refractivity contribution < 1.29 is 28.6 Å². The lowest BCUT2D eigenvalue weighted by molar-refractivity contribution is -0.132. The first-order valence-electron chi connectivity index (χ1n) is 11.8. The lowest BCUT2D eigenvalue weighted by Gasteiger charge is -2.22. The zero-order chi connectivity index (χ0) is 26.9. The Labute approximate surface area is 229 Å². The number of Topliss-reactive ketones (excluding diaryl/α,β-unsaturated/α-hetero) is 1. The number of ketones is 1. The number of carbonyl (C=O) groups is 2. The van der Waals surface area contributed by atoms with Gasteiger partial charge in [0.25, 0.3) is 5.78 Å². The maximum atomic E-state index is 14.0. The highest BCUT2D eigenvalue weighted by atomic mass is 32.2. The highest BCUT2D eigenvalue weighted by Gasteiger charge is 2.48. The second kappa shape index (κ2) is 10.5. The number of carbonyl (C=O) groups excluding carboxylic acids is 2. The molecule has 9 nitrogen and oxygen atoms in total. The number of halogens is 1. The summed E-state index contributed by atoms with van der Waals surface area (Å²) in [6.45, 7) is 0.762. The number of pyridine rings is 1. The highest BCUT2D eigenvalue weighted by molar-refractivity contribution is 8.00. The van der Waals surface area contributed by atoms with Gasteiger partial charge in [-0.3, -0.25) is 19.5 Å². The van der Waals surface area contributed by atoms with E-state index in [1.807, 2.05) is 0 Å². The Hall–Kier alpha value is -4.29. The van der Waals surface area contributed by atoms with Gasteiger partial charge in [-0.25, -0.2) is 4.39 Å². The fraction of sp³-hybridized carbons (Fsp3) is 0.148. The summed E-state index contributed by atoms with van der Waals surface area (Å²) in [5.74, 6) is -1.14. The molecule has 4 aromatic rings. The van der Waals surface area contributed by atoms with Crippen molar-refractivity contribution in [3.05, 3.63) is 95.1 Å². The number of benzene rings is 2. The van der Waals surface area contributed by atoms with Gasteiger partial charge in [0, 0.05) is 23.7 Å². The lowest BCUT2D eigenvalue weighted by atomic mass is 9.96. The third kappa shape index (κ3) is 4.72. The number of rotatable bonds is 6. The average molecular weight is 563 g/mol. The van der Waals surface area contributed by atoms with Crippen molar-refractivity contribution in [1.82, 2.24) is 15.2 Å². The molecule has 0 aliphatic carbocycles. The number of ether oxygens (including phenoxy) is 2. The standard InChI is InChI=1S/C27H19FN4O5S2/c28-18-6-2-1-4-17(18)14-38-27-31-30-26(39-27)32-22(16-5-3-9-29-13-16)21(24(34)25(32)35)23(33)15-7-8-19-20(12-15)37-11-10-36-19/h1-9,12-13,22,33H,10-11,14H2/b23-21+. The number of aliphatic hydroxyl groups excluding tert-OH is 1. The SMILES string of the molecule is O=C1C(=O)N(c2nnc(SCc3ccccc3F)s2)C(c2cccnc2)/C1=C(\O)c1ccc2c(c1)OCCO2. The minimum absolute atomic E-state index is 0.111. The fourth-order valence-corrected chi connectivity index (χ4v) is 6.20. The Morgan fingerprint density at radius 1 is 1.08 bits per heavy atom. The molecule has 2 aliphatic heterocycles. The molecule has 1 atom stereocenters. The largest absolute Gasteiger partial charge is 0.507 e. The van der Waals surface area contributed by atoms with Crippen molar-refractivity contribution in [2.75, 3.05) is 18.1 Å².